The first-order valence-corrected chi connectivity index (χ1v) is 14.5. The molecule has 16 nitrogen and oxygen atoms in total. The monoisotopic (exact) mass is 597 g/mol. The number of rotatable bonds is 12. The smallest absolute Gasteiger partial charge is 0.361 e. The predicted molar refractivity (Wildman–Crippen MR) is 140 cm³/mol. The molecular weight excluding hydrogens is 565 g/mol. The van der Waals surface area contributed by atoms with E-state index in [4.69, 9.17) is 14.2 Å². The minimum absolute atomic E-state index is 0.0534. The number of anilines is 1. The van der Waals surface area contributed by atoms with Crippen LogP contribution in [0.4, 0.5) is 5.82 Å². The molecule has 17 heteroatoms. The number of fused-ring (bicyclic) bond motifs is 2. The molecule has 0 amide bonds. The fourth-order valence-corrected chi connectivity index (χ4v) is 5.60. The van der Waals surface area contributed by atoms with Crippen LogP contribution in [0.25, 0.3) is 11.0 Å². The van der Waals surface area contributed by atoms with E-state index in [2.05, 4.69) is 26.4 Å². The van der Waals surface area contributed by atoms with E-state index >= 15 is 0 Å². The minimum Gasteiger partial charge on any atom is -0.461 e. The Bertz CT molecular complexity index is 1410. The standard InChI is InChI=1S/C24H32N5O11P/c30-7-8-38-23-27-20(26-16-6-5-13-3-1-2-4-14(13)16)15-9-25-29(21(15)28-23)22-19(34)18(33)17(40-22)10-39-24(11-31,12-32)41(35,36)37/h1-4,9,16-19,22,30-34H,5-8,10-12H2,(H,26,27,28)(H2,35,36,37)/t16-,17-,18-,19-,22-/m1/s1. The summed E-state index contributed by atoms with van der Waals surface area (Å²) in [5.74, 6) is 0.390. The lowest BCUT2D eigenvalue weighted by Crippen LogP contribution is -2.44. The Hall–Kier alpha value is -2.76. The molecule has 8 N–H and O–H groups in total. The normalized spacial score (nSPS) is 24.6. The van der Waals surface area contributed by atoms with Gasteiger partial charge in [-0.1, -0.05) is 24.3 Å². The second-order valence-electron chi connectivity index (χ2n) is 9.85. The number of aryl methyl sites for hydroxylation is 1. The number of aromatic nitrogens is 4. The highest BCUT2D eigenvalue weighted by molar-refractivity contribution is 7.53. The van der Waals surface area contributed by atoms with Crippen molar-refractivity contribution in [2.24, 2.45) is 0 Å². The van der Waals surface area contributed by atoms with Gasteiger partial charge in [0, 0.05) is 0 Å². The Morgan fingerprint density at radius 3 is 2.59 bits per heavy atom. The molecule has 2 aromatic heterocycles. The topological polar surface area (TPSA) is 242 Å². The van der Waals surface area contributed by atoms with Gasteiger partial charge in [-0.15, -0.1) is 0 Å². The number of nitrogens with zero attached hydrogens (tertiary/aromatic N) is 4. The number of ether oxygens (including phenoxy) is 3. The molecule has 0 unspecified atom stereocenters. The molecule has 3 aromatic rings. The Labute approximate surface area is 233 Å². The van der Waals surface area contributed by atoms with Crippen molar-refractivity contribution in [3.8, 4) is 6.01 Å². The molecule has 1 aromatic carbocycles. The lowest BCUT2D eigenvalue weighted by atomic mass is 10.1. The van der Waals surface area contributed by atoms with Gasteiger partial charge in [-0.05, 0) is 24.0 Å². The molecule has 5 rings (SSSR count). The summed E-state index contributed by atoms with van der Waals surface area (Å²) in [6.07, 6.45) is -2.64. The van der Waals surface area contributed by atoms with Gasteiger partial charge < -0.3 is 54.8 Å². The van der Waals surface area contributed by atoms with Crippen LogP contribution in [-0.4, -0.2) is 112 Å². The predicted octanol–water partition coefficient (Wildman–Crippen LogP) is -1.21. The maximum Gasteiger partial charge on any atom is 0.361 e. The van der Waals surface area contributed by atoms with Crippen molar-refractivity contribution in [3.63, 3.8) is 0 Å². The van der Waals surface area contributed by atoms with Gasteiger partial charge in [0.2, 0.25) is 5.34 Å². The van der Waals surface area contributed by atoms with Crippen LogP contribution in [0, 0.1) is 0 Å². The van der Waals surface area contributed by atoms with Crippen molar-refractivity contribution < 1.29 is 54.1 Å². The number of benzene rings is 1. The Balaban J connectivity index is 1.43. The average Bonchev–Trinajstić information content (AvgIpc) is 3.64. The molecule has 5 atom stereocenters. The van der Waals surface area contributed by atoms with Crippen LogP contribution >= 0.6 is 7.60 Å². The number of hydrogen-bond acceptors (Lipinski definition) is 13. The second-order valence-corrected chi connectivity index (χ2v) is 11.8. The van der Waals surface area contributed by atoms with E-state index in [1.54, 1.807) is 0 Å². The molecule has 41 heavy (non-hydrogen) atoms. The van der Waals surface area contributed by atoms with Gasteiger partial charge in [0.25, 0.3) is 0 Å². The third-order valence-electron chi connectivity index (χ3n) is 7.32. The summed E-state index contributed by atoms with van der Waals surface area (Å²) in [5, 5.41) is 55.2. The SMILES string of the molecule is O=P(O)(O)C(CO)(CO)OC[C@H]1O[C@@H](n2ncc3c(N[C@@H]4CCc5ccccc54)nc(OCCO)nc32)[C@H](O)[C@@H]1O. The van der Waals surface area contributed by atoms with E-state index in [-0.39, 0.29) is 30.9 Å². The Morgan fingerprint density at radius 1 is 1.12 bits per heavy atom. The molecule has 1 saturated heterocycles. The van der Waals surface area contributed by atoms with Crippen molar-refractivity contribution in [2.45, 2.75) is 48.8 Å². The molecular formula is C24H32N5O11P. The number of hydrogen-bond donors (Lipinski definition) is 8. The summed E-state index contributed by atoms with van der Waals surface area (Å²) < 4.78 is 29.5. The van der Waals surface area contributed by atoms with E-state index in [1.165, 1.54) is 16.4 Å². The van der Waals surface area contributed by atoms with Gasteiger partial charge in [-0.25, -0.2) is 4.68 Å². The summed E-state index contributed by atoms with van der Waals surface area (Å²) in [4.78, 5) is 28.0. The fraction of sp³-hybridized carbons (Fsp3) is 0.542. The average molecular weight is 598 g/mol. The molecule has 2 aliphatic rings. The molecule has 0 bridgehead atoms. The third kappa shape index (κ3) is 5.56. The van der Waals surface area contributed by atoms with Gasteiger partial charge >= 0.3 is 13.6 Å². The fourth-order valence-electron chi connectivity index (χ4n) is 4.99. The van der Waals surface area contributed by atoms with Gasteiger partial charge in [0.15, 0.2) is 11.9 Å². The Kier molecular flexibility index (Phi) is 8.59. The summed E-state index contributed by atoms with van der Waals surface area (Å²) >= 11 is 0. The van der Waals surface area contributed by atoms with Crippen molar-refractivity contribution in [1.82, 2.24) is 19.7 Å². The van der Waals surface area contributed by atoms with Crippen LogP contribution in [0.1, 0.15) is 29.8 Å². The molecule has 3 heterocycles. The van der Waals surface area contributed by atoms with Crippen molar-refractivity contribution in [2.75, 3.05) is 38.4 Å². The number of nitrogens with one attached hydrogen (secondary N) is 1. The molecule has 1 aliphatic carbocycles. The first-order valence-electron chi connectivity index (χ1n) is 12.9. The molecule has 0 saturated carbocycles. The zero-order valence-corrected chi connectivity index (χ0v) is 22.6. The van der Waals surface area contributed by atoms with Crippen LogP contribution < -0.4 is 10.1 Å². The van der Waals surface area contributed by atoms with Gasteiger partial charge in [-0.3, -0.25) is 4.57 Å². The largest absolute Gasteiger partial charge is 0.461 e. The first-order chi connectivity index (χ1) is 19.6. The maximum atomic E-state index is 11.8. The Morgan fingerprint density at radius 2 is 1.88 bits per heavy atom. The quantitative estimate of drug-likeness (QED) is 0.114. The zero-order valence-electron chi connectivity index (χ0n) is 21.7. The minimum atomic E-state index is -5.14. The van der Waals surface area contributed by atoms with Crippen LogP contribution in [0.2, 0.25) is 0 Å². The highest BCUT2D eigenvalue weighted by Gasteiger charge is 2.51. The highest BCUT2D eigenvalue weighted by Crippen LogP contribution is 2.51. The molecule has 224 valence electrons. The molecule has 1 fully saturated rings. The molecule has 0 radical (unpaired) electrons. The van der Waals surface area contributed by atoms with E-state index in [1.807, 2.05) is 18.2 Å². The molecule has 0 spiro atoms. The van der Waals surface area contributed by atoms with Gasteiger partial charge in [0.05, 0.1) is 44.1 Å². The van der Waals surface area contributed by atoms with Crippen molar-refractivity contribution >= 4 is 24.4 Å². The second kappa shape index (κ2) is 11.9. The maximum absolute atomic E-state index is 11.8. The lowest BCUT2D eigenvalue weighted by Gasteiger charge is -2.31. The van der Waals surface area contributed by atoms with Crippen LogP contribution in [-0.2, 0) is 20.5 Å². The molecule has 1 aliphatic heterocycles. The van der Waals surface area contributed by atoms with Crippen LogP contribution in [0.3, 0.4) is 0 Å². The van der Waals surface area contributed by atoms with E-state index in [9.17, 15) is 39.9 Å². The van der Waals surface area contributed by atoms with Gasteiger partial charge in [-0.2, -0.15) is 15.1 Å². The van der Waals surface area contributed by atoms with Gasteiger partial charge in [0.1, 0.15) is 30.7 Å². The number of aliphatic hydroxyl groups excluding tert-OH is 5. The van der Waals surface area contributed by atoms with E-state index in [0.717, 1.165) is 18.4 Å². The first kappa shape index (κ1) is 29.7. The van der Waals surface area contributed by atoms with Crippen molar-refractivity contribution in [3.05, 3.63) is 41.6 Å². The summed E-state index contributed by atoms with van der Waals surface area (Å²) in [7, 11) is -5.14. The highest BCUT2D eigenvalue weighted by atomic mass is 31.2. The van der Waals surface area contributed by atoms with E-state index in [0.29, 0.717) is 11.2 Å². The third-order valence-corrected chi connectivity index (χ3v) is 8.79. The van der Waals surface area contributed by atoms with Crippen LogP contribution in [0.15, 0.2) is 30.5 Å². The zero-order chi connectivity index (χ0) is 29.4. The van der Waals surface area contributed by atoms with E-state index < -0.39 is 57.3 Å². The summed E-state index contributed by atoms with van der Waals surface area (Å²) in [6.45, 7) is -3.46. The summed E-state index contributed by atoms with van der Waals surface area (Å²) in [6, 6.07) is 7.91. The lowest BCUT2D eigenvalue weighted by molar-refractivity contribution is -0.121. The number of aliphatic hydroxyl groups is 5. The summed E-state index contributed by atoms with van der Waals surface area (Å²) in [5.41, 5.74) is 2.52. The van der Waals surface area contributed by atoms with Crippen molar-refractivity contribution in [1.29, 1.82) is 0 Å². The van der Waals surface area contributed by atoms with Crippen LogP contribution in [0.5, 0.6) is 6.01 Å².